The first-order chi connectivity index (χ1) is 12.5. The number of halogens is 1. The van der Waals surface area contributed by atoms with E-state index in [-0.39, 0.29) is 16.8 Å². The van der Waals surface area contributed by atoms with Crippen molar-refractivity contribution in [1.29, 1.82) is 0 Å². The van der Waals surface area contributed by atoms with Crippen molar-refractivity contribution in [2.45, 2.75) is 13.8 Å². The summed E-state index contributed by atoms with van der Waals surface area (Å²) in [6, 6.07) is 13.7. The van der Waals surface area contributed by atoms with Crippen LogP contribution in [0, 0.1) is 5.82 Å². The molecule has 0 radical (unpaired) electrons. The van der Waals surface area contributed by atoms with E-state index in [2.05, 4.69) is 29.4 Å². The van der Waals surface area contributed by atoms with Crippen LogP contribution in [-0.2, 0) is 4.79 Å². The average molecular weight is 371 g/mol. The van der Waals surface area contributed by atoms with Gasteiger partial charge in [-0.05, 0) is 74.1 Å². The van der Waals surface area contributed by atoms with Crippen molar-refractivity contribution in [3.05, 3.63) is 66.0 Å². The second kappa shape index (κ2) is 9.68. The van der Waals surface area contributed by atoms with Crippen molar-refractivity contribution < 1.29 is 9.18 Å². The first-order valence-electron chi connectivity index (χ1n) is 8.42. The quantitative estimate of drug-likeness (QED) is 0.590. The highest BCUT2D eigenvalue weighted by atomic mass is 32.1. The summed E-state index contributed by atoms with van der Waals surface area (Å²) in [5, 5.41) is 5.77. The molecule has 2 aromatic rings. The molecule has 0 heterocycles. The number of nitrogens with one attached hydrogen (secondary N) is 2. The Morgan fingerprint density at radius 2 is 1.69 bits per heavy atom. The van der Waals surface area contributed by atoms with Crippen molar-refractivity contribution >= 4 is 40.7 Å². The predicted molar refractivity (Wildman–Crippen MR) is 110 cm³/mol. The summed E-state index contributed by atoms with van der Waals surface area (Å²) < 4.78 is 12.8. The zero-order valence-corrected chi connectivity index (χ0v) is 15.6. The second-order valence-electron chi connectivity index (χ2n) is 5.55. The van der Waals surface area contributed by atoms with Gasteiger partial charge in [0.1, 0.15) is 5.82 Å². The molecule has 2 rings (SSSR count). The molecule has 0 aliphatic carbocycles. The summed E-state index contributed by atoms with van der Waals surface area (Å²) in [6.07, 6.45) is 2.95. The number of benzene rings is 2. The van der Waals surface area contributed by atoms with Gasteiger partial charge < -0.3 is 10.2 Å². The van der Waals surface area contributed by atoms with Gasteiger partial charge in [-0.15, -0.1) is 0 Å². The Morgan fingerprint density at radius 3 is 2.27 bits per heavy atom. The van der Waals surface area contributed by atoms with Crippen molar-refractivity contribution in [3.8, 4) is 0 Å². The van der Waals surface area contributed by atoms with E-state index in [4.69, 9.17) is 12.2 Å². The summed E-state index contributed by atoms with van der Waals surface area (Å²) in [4.78, 5) is 14.1. The lowest BCUT2D eigenvalue weighted by molar-refractivity contribution is -0.115. The fourth-order valence-corrected chi connectivity index (χ4v) is 2.62. The molecule has 0 atom stereocenters. The number of amides is 1. The first kappa shape index (κ1) is 19.6. The monoisotopic (exact) mass is 371 g/mol. The SMILES string of the molecule is CCN(CC)c1ccc(NC(=S)NC(=O)/C=C/c2ccc(F)cc2)cc1. The van der Waals surface area contributed by atoms with Crippen molar-refractivity contribution in [3.63, 3.8) is 0 Å². The van der Waals surface area contributed by atoms with E-state index in [0.29, 0.717) is 0 Å². The van der Waals surface area contributed by atoms with Crippen LogP contribution in [0.25, 0.3) is 6.08 Å². The molecule has 1 amide bonds. The number of hydrogen-bond donors (Lipinski definition) is 2. The lowest BCUT2D eigenvalue weighted by Crippen LogP contribution is -2.32. The highest BCUT2D eigenvalue weighted by molar-refractivity contribution is 7.80. The van der Waals surface area contributed by atoms with Crippen molar-refractivity contribution in [1.82, 2.24) is 5.32 Å². The maximum Gasteiger partial charge on any atom is 0.250 e. The van der Waals surface area contributed by atoms with Crippen LogP contribution >= 0.6 is 12.2 Å². The molecule has 0 saturated heterocycles. The largest absolute Gasteiger partial charge is 0.372 e. The molecule has 4 nitrogen and oxygen atoms in total. The van der Waals surface area contributed by atoms with Gasteiger partial charge in [0.25, 0.3) is 0 Å². The summed E-state index contributed by atoms with van der Waals surface area (Å²) in [5.74, 6) is -0.671. The Hall–Kier alpha value is -2.73. The van der Waals surface area contributed by atoms with Crippen LogP contribution in [0.15, 0.2) is 54.6 Å². The zero-order valence-electron chi connectivity index (χ0n) is 14.8. The third-order valence-electron chi connectivity index (χ3n) is 3.79. The summed E-state index contributed by atoms with van der Waals surface area (Å²) in [7, 11) is 0. The lowest BCUT2D eigenvalue weighted by Gasteiger charge is -2.21. The number of rotatable bonds is 6. The van der Waals surface area contributed by atoms with Gasteiger partial charge in [-0.2, -0.15) is 0 Å². The molecule has 136 valence electrons. The van der Waals surface area contributed by atoms with E-state index in [1.165, 1.54) is 18.2 Å². The fraction of sp³-hybridized carbons (Fsp3) is 0.200. The van der Waals surface area contributed by atoms with Crippen LogP contribution in [0.3, 0.4) is 0 Å². The van der Waals surface area contributed by atoms with Crippen LogP contribution < -0.4 is 15.5 Å². The molecule has 6 heteroatoms. The topological polar surface area (TPSA) is 44.4 Å². The molecule has 0 aliphatic heterocycles. The van der Waals surface area contributed by atoms with Crippen LogP contribution in [-0.4, -0.2) is 24.1 Å². The summed E-state index contributed by atoms with van der Waals surface area (Å²) >= 11 is 5.15. The van der Waals surface area contributed by atoms with Gasteiger partial charge >= 0.3 is 0 Å². The minimum Gasteiger partial charge on any atom is -0.372 e. The normalized spacial score (nSPS) is 10.6. The molecule has 0 aliphatic rings. The summed E-state index contributed by atoms with van der Waals surface area (Å²) in [6.45, 7) is 6.11. The number of hydrogen-bond acceptors (Lipinski definition) is 3. The first-order valence-corrected chi connectivity index (χ1v) is 8.83. The third kappa shape index (κ3) is 5.97. The fourth-order valence-electron chi connectivity index (χ4n) is 2.41. The van der Waals surface area contributed by atoms with E-state index in [1.54, 1.807) is 18.2 Å². The van der Waals surface area contributed by atoms with Crippen molar-refractivity contribution in [2.24, 2.45) is 0 Å². The number of nitrogens with zero attached hydrogens (tertiary/aromatic N) is 1. The van der Waals surface area contributed by atoms with Crippen LogP contribution in [0.2, 0.25) is 0 Å². The van der Waals surface area contributed by atoms with Gasteiger partial charge in [0, 0.05) is 30.5 Å². The lowest BCUT2D eigenvalue weighted by atomic mass is 10.2. The minimum atomic E-state index is -0.355. The number of anilines is 2. The van der Waals surface area contributed by atoms with Gasteiger partial charge in [-0.25, -0.2) is 4.39 Å². The van der Waals surface area contributed by atoms with E-state index in [9.17, 15) is 9.18 Å². The Balaban J connectivity index is 1.87. The molecule has 26 heavy (non-hydrogen) atoms. The molecular formula is C20H22FN3OS. The van der Waals surface area contributed by atoms with Gasteiger partial charge in [-0.3, -0.25) is 10.1 Å². The predicted octanol–water partition coefficient (Wildman–Crippen LogP) is 4.20. The molecule has 2 aromatic carbocycles. The molecule has 0 spiro atoms. The van der Waals surface area contributed by atoms with Gasteiger partial charge in [0.05, 0.1) is 0 Å². The average Bonchev–Trinajstić information content (AvgIpc) is 2.63. The molecule has 0 saturated carbocycles. The Labute approximate surface area is 158 Å². The van der Waals surface area contributed by atoms with Gasteiger partial charge in [-0.1, -0.05) is 12.1 Å². The maximum absolute atomic E-state index is 12.8. The van der Waals surface area contributed by atoms with E-state index < -0.39 is 0 Å². The van der Waals surface area contributed by atoms with E-state index >= 15 is 0 Å². The van der Waals surface area contributed by atoms with E-state index in [0.717, 1.165) is 30.0 Å². The number of thiocarbonyl (C=S) groups is 1. The third-order valence-corrected chi connectivity index (χ3v) is 3.99. The van der Waals surface area contributed by atoms with Gasteiger partial charge in [0.2, 0.25) is 5.91 Å². The molecular weight excluding hydrogens is 349 g/mol. The smallest absolute Gasteiger partial charge is 0.250 e. The number of carbonyl (C=O) groups excluding carboxylic acids is 1. The van der Waals surface area contributed by atoms with Crippen LogP contribution in [0.4, 0.5) is 15.8 Å². The number of carbonyl (C=O) groups is 1. The minimum absolute atomic E-state index is 0.217. The zero-order chi connectivity index (χ0) is 18.9. The van der Waals surface area contributed by atoms with Crippen LogP contribution in [0.1, 0.15) is 19.4 Å². The van der Waals surface area contributed by atoms with Crippen molar-refractivity contribution in [2.75, 3.05) is 23.3 Å². The molecule has 0 aromatic heterocycles. The highest BCUT2D eigenvalue weighted by Crippen LogP contribution is 2.17. The second-order valence-corrected chi connectivity index (χ2v) is 5.96. The molecule has 0 fully saturated rings. The van der Waals surface area contributed by atoms with Gasteiger partial charge in [0.15, 0.2) is 5.11 Å². The Morgan fingerprint density at radius 1 is 1.08 bits per heavy atom. The molecule has 0 bridgehead atoms. The Bertz CT molecular complexity index is 769. The Kier molecular flexibility index (Phi) is 7.29. The standard InChI is InChI=1S/C20H22FN3OS/c1-3-24(4-2)18-12-10-17(11-13-18)22-20(26)23-19(25)14-7-15-5-8-16(21)9-6-15/h5-14H,3-4H2,1-2H3,(H2,22,23,25,26)/b14-7+. The van der Waals surface area contributed by atoms with Crippen LogP contribution in [0.5, 0.6) is 0 Å². The summed E-state index contributed by atoms with van der Waals surface area (Å²) in [5.41, 5.74) is 2.67. The van der Waals surface area contributed by atoms with E-state index in [1.807, 2.05) is 24.3 Å². The molecule has 0 unspecified atom stereocenters. The molecule has 2 N–H and O–H groups in total. The maximum atomic E-state index is 12.8. The highest BCUT2D eigenvalue weighted by Gasteiger charge is 2.04.